The fraction of sp³-hybridized carbons (Fsp3) is 0.304. The first-order valence-corrected chi connectivity index (χ1v) is 10.6. The first-order valence-electron chi connectivity index (χ1n) is 10.6. The van der Waals surface area contributed by atoms with Gasteiger partial charge in [0.2, 0.25) is 5.95 Å². The number of likely N-dealkylation sites (N-methyl/N-ethyl adjacent to an activating group) is 2. The van der Waals surface area contributed by atoms with E-state index in [0.717, 1.165) is 16.2 Å². The van der Waals surface area contributed by atoms with Crippen LogP contribution in [-0.4, -0.2) is 63.2 Å². The third-order valence-corrected chi connectivity index (χ3v) is 6.11. The average molecular weight is 450 g/mol. The van der Waals surface area contributed by atoms with Crippen molar-refractivity contribution in [2.75, 3.05) is 25.6 Å². The number of urea groups is 1. The Bertz CT molecular complexity index is 1230. The Labute approximate surface area is 190 Å². The zero-order valence-electron chi connectivity index (χ0n) is 18.5. The number of amides is 3. The van der Waals surface area contributed by atoms with Gasteiger partial charge in [-0.25, -0.2) is 9.18 Å². The second-order valence-electron chi connectivity index (χ2n) is 8.02. The molecule has 170 valence electrons. The van der Waals surface area contributed by atoms with Crippen molar-refractivity contribution in [3.63, 3.8) is 0 Å². The lowest BCUT2D eigenvalue weighted by Crippen LogP contribution is -2.61. The molecule has 3 amide bonds. The number of carbonyl (C=O) groups excluding carboxylic acids is 2. The van der Waals surface area contributed by atoms with E-state index in [0.29, 0.717) is 23.9 Å². The number of fused-ring (bicyclic) bond motifs is 3. The number of anilines is 1. The highest BCUT2D eigenvalue weighted by molar-refractivity contribution is 6.02. The molecule has 3 heterocycles. The van der Waals surface area contributed by atoms with Crippen LogP contribution >= 0.6 is 0 Å². The van der Waals surface area contributed by atoms with Crippen molar-refractivity contribution in [3.8, 4) is 17.1 Å². The lowest BCUT2D eigenvalue weighted by molar-refractivity contribution is -0.133. The lowest BCUT2D eigenvalue weighted by Gasteiger charge is -2.40. The zero-order valence-corrected chi connectivity index (χ0v) is 18.5. The van der Waals surface area contributed by atoms with Gasteiger partial charge in [0.25, 0.3) is 5.91 Å². The molecule has 9 nitrogen and oxygen atoms in total. The molecule has 2 aliphatic heterocycles. The molecule has 2 unspecified atom stereocenters. The normalized spacial score (nSPS) is 19.7. The highest BCUT2D eigenvalue weighted by Crippen LogP contribution is 2.43. The molecule has 1 fully saturated rings. The number of halogens is 1. The Morgan fingerprint density at radius 3 is 2.45 bits per heavy atom. The van der Waals surface area contributed by atoms with Crippen LogP contribution in [0.2, 0.25) is 0 Å². The van der Waals surface area contributed by atoms with Gasteiger partial charge in [0.05, 0.1) is 6.61 Å². The van der Waals surface area contributed by atoms with Crippen LogP contribution < -0.4 is 9.64 Å². The van der Waals surface area contributed by atoms with Crippen molar-refractivity contribution in [1.29, 1.82) is 0 Å². The number of rotatable bonds is 5. The van der Waals surface area contributed by atoms with E-state index in [1.165, 1.54) is 18.0 Å². The van der Waals surface area contributed by atoms with Crippen molar-refractivity contribution < 1.29 is 18.7 Å². The molecule has 3 aromatic rings. The molecule has 2 atom stereocenters. The SMILES string of the molecule is CCOc1ccc(-c2nnc3n2C2C(C(=O)N(C)C(=O)N2C)N3Cc2ccccc2F)cc1. The van der Waals surface area contributed by atoms with Gasteiger partial charge < -0.3 is 14.5 Å². The third-order valence-electron chi connectivity index (χ3n) is 6.11. The standard InChI is InChI=1S/C23H23FN6O3/c1-4-33-16-11-9-14(10-12-16)19-25-26-22-29(13-15-7-5-6-8-17(15)24)18-20(30(19)22)27(2)23(32)28(3)21(18)31/h5-12,18,20H,4,13H2,1-3H3. The lowest BCUT2D eigenvalue weighted by atomic mass is 10.1. The minimum absolute atomic E-state index is 0.108. The van der Waals surface area contributed by atoms with Crippen molar-refractivity contribution >= 4 is 17.9 Å². The van der Waals surface area contributed by atoms with Gasteiger partial charge in [0, 0.05) is 31.8 Å². The van der Waals surface area contributed by atoms with Crippen molar-refractivity contribution in [2.45, 2.75) is 25.7 Å². The van der Waals surface area contributed by atoms with Crippen LogP contribution in [0, 0.1) is 5.82 Å². The van der Waals surface area contributed by atoms with Crippen LogP contribution in [0.5, 0.6) is 5.75 Å². The van der Waals surface area contributed by atoms with E-state index in [9.17, 15) is 14.0 Å². The van der Waals surface area contributed by atoms with Gasteiger partial charge >= 0.3 is 6.03 Å². The van der Waals surface area contributed by atoms with Gasteiger partial charge in [-0.2, -0.15) is 0 Å². The van der Waals surface area contributed by atoms with Crippen molar-refractivity contribution in [2.24, 2.45) is 0 Å². The highest BCUT2D eigenvalue weighted by atomic mass is 19.1. The molecule has 1 aromatic heterocycles. The Hall–Kier alpha value is -3.95. The molecular formula is C23H23FN6O3. The molecule has 0 spiro atoms. The van der Waals surface area contributed by atoms with E-state index < -0.39 is 18.2 Å². The minimum atomic E-state index is -0.760. The van der Waals surface area contributed by atoms with Crippen molar-refractivity contribution in [3.05, 3.63) is 59.9 Å². The molecule has 10 heteroatoms. The molecule has 0 aliphatic carbocycles. The quantitative estimate of drug-likeness (QED) is 0.595. The molecule has 2 aliphatic rings. The maximum Gasteiger partial charge on any atom is 0.327 e. The Kier molecular flexibility index (Phi) is 4.99. The molecule has 0 N–H and O–H groups in total. The molecule has 0 bridgehead atoms. The molecule has 5 rings (SSSR count). The van der Waals surface area contributed by atoms with E-state index >= 15 is 0 Å². The molecule has 0 saturated carbocycles. The first-order chi connectivity index (χ1) is 15.9. The van der Waals surface area contributed by atoms with Crippen LogP contribution in [0.15, 0.2) is 48.5 Å². The number of ether oxygens (including phenoxy) is 1. The van der Waals surface area contributed by atoms with Crippen LogP contribution in [0.3, 0.4) is 0 Å². The Balaban J connectivity index is 1.62. The third kappa shape index (κ3) is 3.21. The summed E-state index contributed by atoms with van der Waals surface area (Å²) in [7, 11) is 3.09. The van der Waals surface area contributed by atoms with E-state index in [4.69, 9.17) is 4.74 Å². The summed E-state index contributed by atoms with van der Waals surface area (Å²) in [6.07, 6.45) is -0.667. The molecular weight excluding hydrogens is 427 g/mol. The molecule has 1 saturated heterocycles. The largest absolute Gasteiger partial charge is 0.494 e. The summed E-state index contributed by atoms with van der Waals surface area (Å²) in [5, 5.41) is 8.73. The number of benzene rings is 2. The minimum Gasteiger partial charge on any atom is -0.494 e. The first kappa shape index (κ1) is 20.9. The van der Waals surface area contributed by atoms with E-state index in [1.807, 2.05) is 31.2 Å². The topological polar surface area (TPSA) is 83.8 Å². The van der Waals surface area contributed by atoms with Gasteiger partial charge in [-0.05, 0) is 37.3 Å². The smallest absolute Gasteiger partial charge is 0.327 e. The fourth-order valence-electron chi connectivity index (χ4n) is 4.48. The summed E-state index contributed by atoms with van der Waals surface area (Å²) in [4.78, 5) is 30.3. The number of hydrogen-bond acceptors (Lipinski definition) is 6. The van der Waals surface area contributed by atoms with Gasteiger partial charge in [0.15, 0.2) is 11.9 Å². The zero-order chi connectivity index (χ0) is 23.3. The summed E-state index contributed by atoms with van der Waals surface area (Å²) < 4.78 is 21.8. The average Bonchev–Trinajstić information content (AvgIpc) is 3.37. The van der Waals surface area contributed by atoms with Gasteiger partial charge in [-0.15, -0.1) is 10.2 Å². The predicted molar refractivity (Wildman–Crippen MR) is 118 cm³/mol. The summed E-state index contributed by atoms with van der Waals surface area (Å²) in [6, 6.07) is 12.6. The molecule has 33 heavy (non-hydrogen) atoms. The maximum atomic E-state index is 14.5. The second-order valence-corrected chi connectivity index (χ2v) is 8.02. The summed E-state index contributed by atoms with van der Waals surface area (Å²) in [6.45, 7) is 2.57. The van der Waals surface area contributed by atoms with Crippen LogP contribution in [0.25, 0.3) is 11.4 Å². The summed E-state index contributed by atoms with van der Waals surface area (Å²) in [5.41, 5.74) is 1.18. The highest BCUT2D eigenvalue weighted by Gasteiger charge is 2.54. The number of imide groups is 1. The fourth-order valence-corrected chi connectivity index (χ4v) is 4.48. The number of nitrogens with zero attached hydrogens (tertiary/aromatic N) is 6. The predicted octanol–water partition coefficient (Wildman–Crippen LogP) is 2.89. The molecule has 2 aromatic carbocycles. The van der Waals surface area contributed by atoms with Crippen molar-refractivity contribution in [1.82, 2.24) is 24.6 Å². The number of aromatic nitrogens is 3. The van der Waals surface area contributed by atoms with E-state index in [2.05, 4.69) is 10.2 Å². The number of hydrogen-bond donors (Lipinski definition) is 0. The van der Waals surface area contributed by atoms with E-state index in [1.54, 1.807) is 34.7 Å². The van der Waals surface area contributed by atoms with Crippen LogP contribution in [0.1, 0.15) is 18.7 Å². The molecule has 0 radical (unpaired) electrons. The second kappa shape index (κ2) is 7.88. The van der Waals surface area contributed by atoms with Crippen LogP contribution in [-0.2, 0) is 11.3 Å². The summed E-state index contributed by atoms with van der Waals surface area (Å²) in [5.74, 6) is 0.891. The summed E-state index contributed by atoms with van der Waals surface area (Å²) >= 11 is 0. The van der Waals surface area contributed by atoms with Crippen LogP contribution in [0.4, 0.5) is 15.1 Å². The van der Waals surface area contributed by atoms with E-state index in [-0.39, 0.29) is 18.3 Å². The Morgan fingerprint density at radius 2 is 1.76 bits per heavy atom. The number of carbonyl (C=O) groups is 2. The maximum absolute atomic E-state index is 14.5. The van der Waals surface area contributed by atoms with Gasteiger partial charge in [-0.1, -0.05) is 18.2 Å². The Morgan fingerprint density at radius 1 is 1.03 bits per heavy atom. The monoisotopic (exact) mass is 450 g/mol. The van der Waals surface area contributed by atoms with Gasteiger partial charge in [-0.3, -0.25) is 14.3 Å². The van der Waals surface area contributed by atoms with Gasteiger partial charge in [0.1, 0.15) is 17.7 Å².